The van der Waals surface area contributed by atoms with Gasteiger partial charge in [0.15, 0.2) is 20.4 Å². The Kier molecular flexibility index (Phi) is 6.56. The van der Waals surface area contributed by atoms with E-state index in [1.165, 1.54) is 23.0 Å². The van der Waals surface area contributed by atoms with Crippen LogP contribution >= 0.6 is 0 Å². The summed E-state index contributed by atoms with van der Waals surface area (Å²) < 4.78 is 23.6. The molecule has 0 bridgehead atoms. The molecule has 0 aliphatic heterocycles. The summed E-state index contributed by atoms with van der Waals surface area (Å²) in [5, 5.41) is 8.91. The summed E-state index contributed by atoms with van der Waals surface area (Å²) in [4.78, 5) is 33.2. The van der Waals surface area contributed by atoms with Crippen molar-refractivity contribution < 1.29 is 18.4 Å². The van der Waals surface area contributed by atoms with Gasteiger partial charge in [0.1, 0.15) is 0 Å². The molecule has 0 saturated heterocycles. The standard InChI is InChI=1S/C22H24N4O5S/c1-15-8-11-23-20(24-15)17-6-4-16(5-7-17)18-9-12-26(19(27)14-18)13-10-22(2,21(28)25-29)32(3,30)31/h4-9,11-12,14,29H,10,13H2,1-3H3,(H,25,28)/t22-/m1/s1. The molecule has 3 aromatic rings. The van der Waals surface area contributed by atoms with Crippen LogP contribution in [-0.2, 0) is 21.2 Å². The average Bonchev–Trinajstić information content (AvgIpc) is 2.76. The van der Waals surface area contributed by atoms with Crippen LogP contribution < -0.4 is 11.0 Å². The molecule has 2 N–H and O–H groups in total. The second-order valence-electron chi connectivity index (χ2n) is 7.74. The van der Waals surface area contributed by atoms with E-state index in [2.05, 4.69) is 9.97 Å². The number of aryl methyl sites for hydroxylation is 2. The molecule has 0 aliphatic rings. The number of nitrogens with one attached hydrogen (secondary N) is 1. The zero-order valence-corrected chi connectivity index (χ0v) is 18.8. The number of hydrogen-bond donors (Lipinski definition) is 2. The highest BCUT2D eigenvalue weighted by atomic mass is 32.2. The lowest BCUT2D eigenvalue weighted by molar-refractivity contribution is -0.131. The minimum absolute atomic E-state index is 0.0141. The first-order chi connectivity index (χ1) is 15.0. The van der Waals surface area contributed by atoms with Crippen LogP contribution in [0.15, 0.2) is 59.7 Å². The Balaban J connectivity index is 1.81. The van der Waals surface area contributed by atoms with Gasteiger partial charge in [-0.3, -0.25) is 14.8 Å². The zero-order chi connectivity index (χ0) is 23.5. The van der Waals surface area contributed by atoms with E-state index in [-0.39, 0.29) is 18.5 Å². The van der Waals surface area contributed by atoms with Crippen LogP contribution in [0.3, 0.4) is 0 Å². The predicted octanol–water partition coefficient (Wildman–Crippen LogP) is 1.98. The fraction of sp³-hybridized carbons (Fsp3) is 0.273. The van der Waals surface area contributed by atoms with Gasteiger partial charge in [-0.2, -0.15) is 0 Å². The first kappa shape index (κ1) is 23.3. The van der Waals surface area contributed by atoms with Crippen LogP contribution in [0.25, 0.3) is 22.5 Å². The van der Waals surface area contributed by atoms with E-state index in [1.807, 2.05) is 37.3 Å². The fourth-order valence-electron chi connectivity index (χ4n) is 3.19. The fourth-order valence-corrected chi connectivity index (χ4v) is 4.04. The monoisotopic (exact) mass is 456 g/mol. The van der Waals surface area contributed by atoms with Crippen molar-refractivity contribution in [3.8, 4) is 22.5 Å². The van der Waals surface area contributed by atoms with Crippen molar-refractivity contribution in [3.63, 3.8) is 0 Å². The molecule has 168 valence electrons. The summed E-state index contributed by atoms with van der Waals surface area (Å²) in [5.41, 5.74) is 4.30. The molecule has 0 saturated carbocycles. The number of carbonyl (C=O) groups is 1. The third kappa shape index (κ3) is 4.76. The van der Waals surface area contributed by atoms with Crippen LogP contribution in [0.5, 0.6) is 0 Å². The Morgan fingerprint density at radius 2 is 1.78 bits per heavy atom. The van der Waals surface area contributed by atoms with Crippen molar-refractivity contribution >= 4 is 15.7 Å². The summed E-state index contributed by atoms with van der Waals surface area (Å²) >= 11 is 0. The summed E-state index contributed by atoms with van der Waals surface area (Å²) in [6.45, 7) is 3.09. The van der Waals surface area contributed by atoms with Crippen molar-refractivity contribution in [3.05, 3.63) is 70.9 Å². The van der Waals surface area contributed by atoms with Crippen LogP contribution in [0.4, 0.5) is 0 Å². The van der Waals surface area contributed by atoms with E-state index in [4.69, 9.17) is 5.21 Å². The van der Waals surface area contributed by atoms with Crippen molar-refractivity contribution in [2.45, 2.75) is 31.6 Å². The number of nitrogens with zero attached hydrogens (tertiary/aromatic N) is 3. The van der Waals surface area contributed by atoms with Crippen molar-refractivity contribution in [2.75, 3.05) is 6.26 Å². The smallest absolute Gasteiger partial charge is 0.264 e. The lowest BCUT2D eigenvalue weighted by Crippen LogP contribution is -2.49. The molecule has 2 aromatic heterocycles. The maximum absolute atomic E-state index is 12.6. The molecule has 3 rings (SSSR count). The zero-order valence-electron chi connectivity index (χ0n) is 17.9. The van der Waals surface area contributed by atoms with Gasteiger partial charge in [0.2, 0.25) is 0 Å². The molecule has 10 heteroatoms. The van der Waals surface area contributed by atoms with E-state index in [0.717, 1.165) is 23.1 Å². The first-order valence-corrected chi connectivity index (χ1v) is 11.7. The Bertz CT molecular complexity index is 1300. The van der Waals surface area contributed by atoms with E-state index < -0.39 is 20.5 Å². The molecule has 0 aliphatic carbocycles. The molecule has 1 aromatic carbocycles. The van der Waals surface area contributed by atoms with Gasteiger partial charge < -0.3 is 4.57 Å². The highest BCUT2D eigenvalue weighted by molar-refractivity contribution is 7.92. The van der Waals surface area contributed by atoms with Crippen LogP contribution in [0.2, 0.25) is 0 Å². The normalized spacial score (nSPS) is 13.4. The number of aromatic nitrogens is 3. The quantitative estimate of drug-likeness (QED) is 0.410. The SMILES string of the molecule is Cc1ccnc(-c2ccc(-c3ccn(CC[C@](C)(C(=O)NO)S(C)(=O)=O)c(=O)c3)cc2)n1. The Morgan fingerprint density at radius 3 is 2.34 bits per heavy atom. The third-order valence-electron chi connectivity index (χ3n) is 5.50. The minimum atomic E-state index is -3.84. The third-order valence-corrected chi connectivity index (χ3v) is 7.52. The van der Waals surface area contributed by atoms with E-state index in [1.54, 1.807) is 18.5 Å². The van der Waals surface area contributed by atoms with Gasteiger partial charge >= 0.3 is 0 Å². The lowest BCUT2D eigenvalue weighted by Gasteiger charge is -2.25. The van der Waals surface area contributed by atoms with Gasteiger partial charge in [-0.25, -0.2) is 23.9 Å². The predicted molar refractivity (Wildman–Crippen MR) is 120 cm³/mol. The second-order valence-corrected chi connectivity index (χ2v) is 10.2. The molecular formula is C22H24N4O5S. The summed E-state index contributed by atoms with van der Waals surface area (Å²) in [6, 6.07) is 12.5. The van der Waals surface area contributed by atoms with E-state index in [9.17, 15) is 18.0 Å². The van der Waals surface area contributed by atoms with Crippen LogP contribution in [0, 0.1) is 6.92 Å². The number of hydrogen-bond acceptors (Lipinski definition) is 7. The van der Waals surface area contributed by atoms with Gasteiger partial charge in [0.25, 0.3) is 11.5 Å². The highest BCUT2D eigenvalue weighted by Gasteiger charge is 2.43. The molecule has 0 spiro atoms. The minimum Gasteiger partial charge on any atom is -0.315 e. The van der Waals surface area contributed by atoms with Gasteiger partial charge in [-0.05, 0) is 43.5 Å². The number of rotatable bonds is 7. The molecule has 0 radical (unpaired) electrons. The van der Waals surface area contributed by atoms with Crippen molar-refractivity contribution in [2.24, 2.45) is 0 Å². The second kappa shape index (κ2) is 9.01. The van der Waals surface area contributed by atoms with Gasteiger partial charge in [-0.15, -0.1) is 0 Å². The summed E-state index contributed by atoms with van der Waals surface area (Å²) in [6.07, 6.45) is 3.99. The van der Waals surface area contributed by atoms with Gasteiger partial charge in [0, 0.05) is 42.5 Å². The number of sulfone groups is 1. The summed E-state index contributed by atoms with van der Waals surface area (Å²) in [5.74, 6) is -0.421. The maximum Gasteiger partial charge on any atom is 0.264 e. The van der Waals surface area contributed by atoms with Crippen LogP contribution in [-0.4, -0.2) is 45.1 Å². The van der Waals surface area contributed by atoms with Crippen molar-refractivity contribution in [1.82, 2.24) is 20.0 Å². The van der Waals surface area contributed by atoms with Crippen LogP contribution in [0.1, 0.15) is 19.0 Å². The molecule has 9 nitrogen and oxygen atoms in total. The Hall–Kier alpha value is -3.37. The van der Waals surface area contributed by atoms with E-state index in [0.29, 0.717) is 11.4 Å². The highest BCUT2D eigenvalue weighted by Crippen LogP contribution is 2.24. The molecule has 32 heavy (non-hydrogen) atoms. The molecule has 0 fully saturated rings. The van der Waals surface area contributed by atoms with Gasteiger partial charge in [0.05, 0.1) is 0 Å². The first-order valence-electron chi connectivity index (χ1n) is 9.80. The lowest BCUT2D eigenvalue weighted by atomic mass is 10.0. The Morgan fingerprint density at radius 1 is 1.12 bits per heavy atom. The number of carbonyl (C=O) groups excluding carboxylic acids is 1. The number of benzene rings is 1. The largest absolute Gasteiger partial charge is 0.315 e. The van der Waals surface area contributed by atoms with Gasteiger partial charge in [-0.1, -0.05) is 24.3 Å². The number of hydroxylamine groups is 1. The van der Waals surface area contributed by atoms with Crippen molar-refractivity contribution in [1.29, 1.82) is 0 Å². The average molecular weight is 457 g/mol. The topological polar surface area (TPSA) is 131 Å². The molecule has 0 unspecified atom stereocenters. The maximum atomic E-state index is 12.6. The molecular weight excluding hydrogens is 432 g/mol. The number of pyridine rings is 1. The molecule has 1 amide bonds. The summed E-state index contributed by atoms with van der Waals surface area (Å²) in [7, 11) is -3.84. The molecule has 1 atom stereocenters. The molecule has 2 heterocycles. The Labute approximate surface area is 185 Å². The number of amides is 1. The van der Waals surface area contributed by atoms with E-state index >= 15 is 0 Å².